The van der Waals surface area contributed by atoms with Crippen LogP contribution >= 0.6 is 15.9 Å². The number of carbonyl (C=O) groups is 1. The number of benzene rings is 1. The van der Waals surface area contributed by atoms with Crippen LogP contribution in [0.15, 0.2) is 22.7 Å². The number of amides is 1. The lowest BCUT2D eigenvalue weighted by atomic mass is 10.00. The first kappa shape index (κ1) is 13.6. The van der Waals surface area contributed by atoms with Crippen molar-refractivity contribution in [3.8, 4) is 0 Å². The number of aliphatic hydroxyl groups excluding tert-OH is 1. The molecule has 0 saturated carbocycles. The summed E-state index contributed by atoms with van der Waals surface area (Å²) in [5.41, 5.74) is 1.70. The Morgan fingerprint density at radius 2 is 2.28 bits per heavy atom. The van der Waals surface area contributed by atoms with Crippen molar-refractivity contribution in [1.29, 1.82) is 0 Å². The van der Waals surface area contributed by atoms with E-state index in [0.29, 0.717) is 0 Å². The minimum absolute atomic E-state index is 0.0192. The van der Waals surface area contributed by atoms with E-state index >= 15 is 0 Å². The molecular formula is C14H18BrNO2. The van der Waals surface area contributed by atoms with Crippen LogP contribution in [0.2, 0.25) is 0 Å². The molecule has 4 heteroatoms. The number of carbonyl (C=O) groups excluding carboxylic acids is 1. The van der Waals surface area contributed by atoms with Crippen molar-refractivity contribution in [2.24, 2.45) is 0 Å². The summed E-state index contributed by atoms with van der Waals surface area (Å²) >= 11 is 3.40. The highest BCUT2D eigenvalue weighted by atomic mass is 79.9. The minimum Gasteiger partial charge on any atom is -0.394 e. The fourth-order valence-electron chi connectivity index (χ4n) is 2.48. The van der Waals surface area contributed by atoms with Gasteiger partial charge in [0, 0.05) is 16.6 Å². The van der Waals surface area contributed by atoms with Crippen molar-refractivity contribution in [3.05, 3.63) is 33.8 Å². The summed E-state index contributed by atoms with van der Waals surface area (Å²) in [6, 6.07) is 5.67. The zero-order valence-corrected chi connectivity index (χ0v) is 12.1. The van der Waals surface area contributed by atoms with E-state index < -0.39 is 0 Å². The number of nitrogens with zero attached hydrogens (tertiary/aromatic N) is 1. The molecule has 1 saturated heterocycles. The topological polar surface area (TPSA) is 40.5 Å². The molecule has 0 bridgehead atoms. The first-order valence-corrected chi connectivity index (χ1v) is 7.10. The van der Waals surface area contributed by atoms with Crippen LogP contribution in [0.25, 0.3) is 0 Å². The van der Waals surface area contributed by atoms with Crippen LogP contribution < -0.4 is 0 Å². The first-order chi connectivity index (χ1) is 8.63. The summed E-state index contributed by atoms with van der Waals surface area (Å²) in [4.78, 5) is 14.3. The summed E-state index contributed by atoms with van der Waals surface area (Å²) in [7, 11) is 0. The van der Waals surface area contributed by atoms with E-state index in [1.54, 1.807) is 0 Å². The second kappa shape index (κ2) is 5.85. The van der Waals surface area contributed by atoms with Crippen LogP contribution in [0.3, 0.4) is 0 Å². The van der Waals surface area contributed by atoms with Gasteiger partial charge in [-0.3, -0.25) is 4.79 Å². The molecule has 1 heterocycles. The van der Waals surface area contributed by atoms with Crippen molar-refractivity contribution in [2.45, 2.75) is 32.2 Å². The first-order valence-electron chi connectivity index (χ1n) is 6.31. The van der Waals surface area contributed by atoms with Gasteiger partial charge in [0.05, 0.1) is 12.6 Å². The lowest BCUT2D eigenvalue weighted by Crippen LogP contribution is -2.45. The van der Waals surface area contributed by atoms with Gasteiger partial charge in [-0.05, 0) is 49.9 Å². The largest absolute Gasteiger partial charge is 0.394 e. The molecular weight excluding hydrogens is 294 g/mol. The Kier molecular flexibility index (Phi) is 4.40. The fraction of sp³-hybridized carbons (Fsp3) is 0.500. The average Bonchev–Trinajstić information content (AvgIpc) is 2.38. The summed E-state index contributed by atoms with van der Waals surface area (Å²) in [5, 5.41) is 9.37. The Morgan fingerprint density at radius 1 is 1.50 bits per heavy atom. The van der Waals surface area contributed by atoms with E-state index in [4.69, 9.17) is 0 Å². The Bertz CT molecular complexity index is 447. The highest BCUT2D eigenvalue weighted by molar-refractivity contribution is 9.10. The van der Waals surface area contributed by atoms with Crippen LogP contribution in [0.1, 0.15) is 35.2 Å². The zero-order valence-electron chi connectivity index (χ0n) is 10.5. The van der Waals surface area contributed by atoms with Crippen molar-refractivity contribution in [3.63, 3.8) is 0 Å². The molecule has 1 aromatic rings. The van der Waals surface area contributed by atoms with Gasteiger partial charge >= 0.3 is 0 Å². The molecule has 1 aromatic carbocycles. The van der Waals surface area contributed by atoms with E-state index in [1.165, 1.54) is 0 Å². The van der Waals surface area contributed by atoms with Crippen LogP contribution in [0.4, 0.5) is 0 Å². The molecule has 0 spiro atoms. The maximum Gasteiger partial charge on any atom is 0.254 e. The van der Waals surface area contributed by atoms with Gasteiger partial charge in [-0.15, -0.1) is 0 Å². The van der Waals surface area contributed by atoms with Crippen LogP contribution in [-0.4, -0.2) is 35.1 Å². The monoisotopic (exact) mass is 311 g/mol. The molecule has 1 aliphatic rings. The quantitative estimate of drug-likeness (QED) is 0.912. The number of piperidine rings is 1. The van der Waals surface area contributed by atoms with Gasteiger partial charge in [-0.25, -0.2) is 0 Å². The Labute approximate surface area is 116 Å². The second-order valence-electron chi connectivity index (χ2n) is 4.79. The molecule has 0 aromatic heterocycles. The fourth-order valence-corrected chi connectivity index (χ4v) is 2.96. The highest BCUT2D eigenvalue weighted by Gasteiger charge is 2.27. The molecule has 18 heavy (non-hydrogen) atoms. The molecule has 1 N–H and O–H groups in total. The Balaban J connectivity index is 2.24. The molecule has 3 nitrogen and oxygen atoms in total. The molecule has 1 atom stereocenters. The Morgan fingerprint density at radius 3 is 2.94 bits per heavy atom. The molecule has 0 radical (unpaired) electrons. The van der Waals surface area contributed by atoms with Gasteiger partial charge in [0.15, 0.2) is 0 Å². The van der Waals surface area contributed by atoms with Gasteiger partial charge in [-0.2, -0.15) is 0 Å². The lowest BCUT2D eigenvalue weighted by molar-refractivity contribution is 0.0502. The third kappa shape index (κ3) is 2.75. The van der Waals surface area contributed by atoms with Crippen molar-refractivity contribution < 1.29 is 9.90 Å². The maximum atomic E-state index is 12.5. The van der Waals surface area contributed by atoms with Crippen LogP contribution in [0.5, 0.6) is 0 Å². The molecule has 1 amide bonds. The van der Waals surface area contributed by atoms with Crippen molar-refractivity contribution in [1.82, 2.24) is 4.90 Å². The minimum atomic E-state index is -0.0192. The van der Waals surface area contributed by atoms with Gasteiger partial charge in [0.25, 0.3) is 5.91 Å². The molecule has 1 fully saturated rings. The Hall–Kier alpha value is -0.870. The summed E-state index contributed by atoms with van der Waals surface area (Å²) in [6.45, 7) is 2.75. The standard InChI is InChI=1S/C14H18BrNO2/c1-10-8-11(15)5-6-13(10)14(18)16-7-3-2-4-12(16)9-17/h5-6,8,12,17H,2-4,7,9H2,1H3. The number of hydrogen-bond donors (Lipinski definition) is 1. The molecule has 0 aliphatic carbocycles. The summed E-state index contributed by atoms with van der Waals surface area (Å²) in [6.07, 6.45) is 3.02. The van der Waals surface area contributed by atoms with E-state index in [0.717, 1.165) is 41.4 Å². The SMILES string of the molecule is Cc1cc(Br)ccc1C(=O)N1CCCCC1CO. The van der Waals surface area contributed by atoms with Gasteiger partial charge in [0.2, 0.25) is 0 Å². The lowest BCUT2D eigenvalue weighted by Gasteiger charge is -2.35. The molecule has 1 unspecified atom stereocenters. The van der Waals surface area contributed by atoms with Crippen molar-refractivity contribution in [2.75, 3.05) is 13.2 Å². The van der Waals surface area contributed by atoms with E-state index in [2.05, 4.69) is 15.9 Å². The van der Waals surface area contributed by atoms with E-state index in [9.17, 15) is 9.90 Å². The second-order valence-corrected chi connectivity index (χ2v) is 5.71. The number of aliphatic hydroxyl groups is 1. The molecule has 1 aliphatic heterocycles. The maximum absolute atomic E-state index is 12.5. The van der Waals surface area contributed by atoms with Crippen LogP contribution in [0, 0.1) is 6.92 Å². The normalized spacial score (nSPS) is 19.9. The smallest absolute Gasteiger partial charge is 0.254 e. The number of rotatable bonds is 2. The number of hydrogen-bond acceptors (Lipinski definition) is 2. The van der Waals surface area contributed by atoms with Gasteiger partial charge in [0.1, 0.15) is 0 Å². The third-order valence-corrected chi connectivity index (χ3v) is 4.01. The number of aryl methyl sites for hydroxylation is 1. The third-order valence-electron chi connectivity index (χ3n) is 3.52. The zero-order chi connectivity index (χ0) is 13.1. The highest BCUT2D eigenvalue weighted by Crippen LogP contribution is 2.22. The summed E-state index contributed by atoms with van der Waals surface area (Å²) in [5.74, 6) is 0.0405. The van der Waals surface area contributed by atoms with E-state index in [1.807, 2.05) is 30.0 Å². The summed E-state index contributed by atoms with van der Waals surface area (Å²) < 4.78 is 0.980. The van der Waals surface area contributed by atoms with Gasteiger partial charge in [-0.1, -0.05) is 15.9 Å². The molecule has 98 valence electrons. The molecule has 2 rings (SSSR count). The van der Waals surface area contributed by atoms with Crippen molar-refractivity contribution >= 4 is 21.8 Å². The van der Waals surface area contributed by atoms with Gasteiger partial charge < -0.3 is 10.0 Å². The average molecular weight is 312 g/mol. The number of likely N-dealkylation sites (tertiary alicyclic amines) is 1. The van der Waals surface area contributed by atoms with E-state index in [-0.39, 0.29) is 18.6 Å². The number of halogens is 1. The predicted molar refractivity (Wildman–Crippen MR) is 74.6 cm³/mol. The predicted octanol–water partition coefficient (Wildman–Crippen LogP) is 2.74. The van der Waals surface area contributed by atoms with Crippen LogP contribution in [-0.2, 0) is 0 Å².